The average molecular weight is 232 g/mol. The van der Waals surface area contributed by atoms with Gasteiger partial charge in [-0.25, -0.2) is 9.66 Å². The fraction of sp³-hybridized carbons (Fsp3) is 0.250. The van der Waals surface area contributed by atoms with Crippen LogP contribution in [0.5, 0.6) is 5.75 Å². The number of hydrogen-bond donors (Lipinski definition) is 2. The van der Waals surface area contributed by atoms with E-state index < -0.39 is 0 Å². The summed E-state index contributed by atoms with van der Waals surface area (Å²) in [5.41, 5.74) is 7.41. The lowest BCUT2D eigenvalue weighted by Gasteiger charge is -2.05. The van der Waals surface area contributed by atoms with Crippen LogP contribution in [-0.2, 0) is 0 Å². The lowest BCUT2D eigenvalue weighted by atomic mass is 10.1. The van der Waals surface area contributed by atoms with Gasteiger partial charge in [-0.3, -0.25) is 0 Å². The number of nitrogen functional groups attached to an aromatic ring is 2. The smallest absolute Gasteiger partial charge is 0.150 e. The van der Waals surface area contributed by atoms with Crippen LogP contribution in [0.4, 0.5) is 5.82 Å². The Kier molecular flexibility index (Phi) is 3.18. The van der Waals surface area contributed by atoms with E-state index in [0.717, 1.165) is 24.3 Å². The van der Waals surface area contributed by atoms with Gasteiger partial charge in [0.1, 0.15) is 23.6 Å². The van der Waals surface area contributed by atoms with Crippen molar-refractivity contribution in [1.82, 2.24) is 9.66 Å². The van der Waals surface area contributed by atoms with Crippen LogP contribution in [-0.4, -0.2) is 16.3 Å². The number of rotatable bonds is 4. The molecule has 2 aromatic rings. The number of hydrogen-bond acceptors (Lipinski definition) is 4. The summed E-state index contributed by atoms with van der Waals surface area (Å²) in [7, 11) is 0. The Labute approximate surface area is 100.0 Å². The topological polar surface area (TPSA) is 79.1 Å². The molecule has 1 heterocycles. The summed E-state index contributed by atoms with van der Waals surface area (Å²) in [5.74, 6) is 6.88. The van der Waals surface area contributed by atoms with Crippen LogP contribution in [0.15, 0.2) is 30.6 Å². The van der Waals surface area contributed by atoms with Crippen LogP contribution in [0.25, 0.3) is 11.3 Å². The van der Waals surface area contributed by atoms with Crippen molar-refractivity contribution < 1.29 is 4.74 Å². The molecule has 0 atom stereocenters. The summed E-state index contributed by atoms with van der Waals surface area (Å²) in [4.78, 5) is 4.15. The maximum atomic E-state index is 5.80. The summed E-state index contributed by atoms with van der Waals surface area (Å²) in [6, 6.07) is 7.65. The third kappa shape index (κ3) is 2.33. The minimum absolute atomic E-state index is 0.451. The van der Waals surface area contributed by atoms with Gasteiger partial charge in [-0.2, -0.15) is 0 Å². The third-order valence-electron chi connectivity index (χ3n) is 2.43. The second-order valence-electron chi connectivity index (χ2n) is 3.76. The first-order chi connectivity index (χ1) is 8.22. The predicted octanol–water partition coefficient (Wildman–Crippen LogP) is 1.63. The van der Waals surface area contributed by atoms with Crippen LogP contribution < -0.4 is 16.3 Å². The van der Waals surface area contributed by atoms with Gasteiger partial charge in [0.25, 0.3) is 0 Å². The molecular weight excluding hydrogens is 216 g/mol. The van der Waals surface area contributed by atoms with Crippen LogP contribution in [0.1, 0.15) is 13.3 Å². The molecule has 90 valence electrons. The summed E-state index contributed by atoms with van der Waals surface area (Å²) in [5, 5.41) is 0. The fourth-order valence-electron chi connectivity index (χ4n) is 1.52. The molecule has 0 saturated carbocycles. The highest BCUT2D eigenvalue weighted by molar-refractivity contribution is 5.70. The normalized spacial score (nSPS) is 10.4. The highest BCUT2D eigenvalue weighted by Crippen LogP contribution is 2.25. The maximum absolute atomic E-state index is 5.80. The van der Waals surface area contributed by atoms with Gasteiger partial charge < -0.3 is 16.3 Å². The molecule has 0 aliphatic carbocycles. The molecule has 1 aromatic carbocycles. The molecule has 0 radical (unpaired) electrons. The van der Waals surface area contributed by atoms with Crippen molar-refractivity contribution in [3.63, 3.8) is 0 Å². The van der Waals surface area contributed by atoms with Crippen molar-refractivity contribution >= 4 is 5.82 Å². The molecule has 0 saturated heterocycles. The van der Waals surface area contributed by atoms with Crippen molar-refractivity contribution in [2.45, 2.75) is 13.3 Å². The van der Waals surface area contributed by atoms with Crippen molar-refractivity contribution in [1.29, 1.82) is 0 Å². The van der Waals surface area contributed by atoms with E-state index in [4.69, 9.17) is 16.3 Å². The van der Waals surface area contributed by atoms with Gasteiger partial charge in [0.15, 0.2) is 0 Å². The van der Waals surface area contributed by atoms with Crippen molar-refractivity contribution in [2.75, 3.05) is 18.2 Å². The maximum Gasteiger partial charge on any atom is 0.150 e. The molecule has 1 aromatic heterocycles. The molecule has 17 heavy (non-hydrogen) atoms. The molecule has 0 spiro atoms. The number of aromatic nitrogens is 2. The molecule has 0 aliphatic rings. The Hall–Kier alpha value is -2.17. The minimum Gasteiger partial charge on any atom is -0.494 e. The number of benzene rings is 1. The van der Waals surface area contributed by atoms with E-state index >= 15 is 0 Å². The molecule has 0 fully saturated rings. The molecule has 0 bridgehead atoms. The number of nitrogens with zero attached hydrogens (tertiary/aromatic N) is 2. The first kappa shape index (κ1) is 11.3. The summed E-state index contributed by atoms with van der Waals surface area (Å²) >= 11 is 0. The van der Waals surface area contributed by atoms with Crippen molar-refractivity contribution in [2.24, 2.45) is 0 Å². The van der Waals surface area contributed by atoms with Gasteiger partial charge >= 0.3 is 0 Å². The molecular formula is C12H16N4O. The molecule has 0 amide bonds. The first-order valence-electron chi connectivity index (χ1n) is 5.53. The quantitative estimate of drug-likeness (QED) is 0.785. The lowest BCUT2D eigenvalue weighted by Crippen LogP contribution is -2.09. The van der Waals surface area contributed by atoms with E-state index in [1.807, 2.05) is 24.3 Å². The molecule has 0 unspecified atom stereocenters. The predicted molar refractivity (Wildman–Crippen MR) is 68.0 cm³/mol. The Morgan fingerprint density at radius 3 is 2.53 bits per heavy atom. The second-order valence-corrected chi connectivity index (χ2v) is 3.76. The monoisotopic (exact) mass is 232 g/mol. The Bertz CT molecular complexity index is 490. The van der Waals surface area contributed by atoms with E-state index in [9.17, 15) is 0 Å². The molecule has 4 N–H and O–H groups in total. The summed E-state index contributed by atoms with van der Waals surface area (Å²) < 4.78 is 6.80. The number of anilines is 1. The van der Waals surface area contributed by atoms with Gasteiger partial charge in [0, 0.05) is 5.56 Å². The highest BCUT2D eigenvalue weighted by atomic mass is 16.5. The average Bonchev–Trinajstić information content (AvgIpc) is 2.68. The number of nitrogens with two attached hydrogens (primary N) is 2. The molecule has 5 heteroatoms. The van der Waals surface area contributed by atoms with Gasteiger partial charge in [0.05, 0.1) is 6.61 Å². The highest BCUT2D eigenvalue weighted by Gasteiger charge is 2.08. The van der Waals surface area contributed by atoms with E-state index in [0.29, 0.717) is 11.5 Å². The SMILES string of the molecule is CCCOc1ccc(-c2ncn(N)c2N)cc1. The standard InChI is InChI=1S/C12H16N4O/c1-2-7-17-10-5-3-9(4-6-10)11-12(13)16(14)8-15-11/h3-6,8H,2,7,13-14H2,1H3. The number of imidazole rings is 1. The Morgan fingerprint density at radius 1 is 1.29 bits per heavy atom. The lowest BCUT2D eigenvalue weighted by molar-refractivity contribution is 0.317. The van der Waals surface area contributed by atoms with Gasteiger partial charge in [0.2, 0.25) is 0 Å². The first-order valence-corrected chi connectivity index (χ1v) is 5.53. The third-order valence-corrected chi connectivity index (χ3v) is 2.43. The minimum atomic E-state index is 0.451. The summed E-state index contributed by atoms with van der Waals surface area (Å²) in [6.45, 7) is 2.79. The Morgan fingerprint density at radius 2 is 2.00 bits per heavy atom. The van der Waals surface area contributed by atoms with Crippen molar-refractivity contribution in [3.8, 4) is 17.0 Å². The zero-order valence-corrected chi connectivity index (χ0v) is 9.76. The molecule has 5 nitrogen and oxygen atoms in total. The molecule has 2 rings (SSSR count). The van der Waals surface area contributed by atoms with Gasteiger partial charge in [-0.05, 0) is 30.7 Å². The number of ether oxygens (including phenoxy) is 1. The zero-order valence-electron chi connectivity index (χ0n) is 9.76. The van der Waals surface area contributed by atoms with Crippen LogP contribution >= 0.6 is 0 Å². The van der Waals surface area contributed by atoms with Crippen LogP contribution in [0, 0.1) is 0 Å². The van der Waals surface area contributed by atoms with Crippen molar-refractivity contribution in [3.05, 3.63) is 30.6 Å². The molecule has 0 aliphatic heterocycles. The second kappa shape index (κ2) is 4.78. The fourth-order valence-corrected chi connectivity index (χ4v) is 1.52. The Balaban J connectivity index is 2.20. The van der Waals surface area contributed by atoms with E-state index in [2.05, 4.69) is 11.9 Å². The zero-order chi connectivity index (χ0) is 12.3. The largest absolute Gasteiger partial charge is 0.494 e. The van der Waals surface area contributed by atoms with E-state index in [1.165, 1.54) is 11.0 Å². The van der Waals surface area contributed by atoms with Crippen LogP contribution in [0.3, 0.4) is 0 Å². The van der Waals surface area contributed by atoms with E-state index in [-0.39, 0.29) is 0 Å². The van der Waals surface area contributed by atoms with Crippen LogP contribution in [0.2, 0.25) is 0 Å². The van der Waals surface area contributed by atoms with Gasteiger partial charge in [-0.15, -0.1) is 0 Å². The summed E-state index contributed by atoms with van der Waals surface area (Å²) in [6.07, 6.45) is 2.48. The van der Waals surface area contributed by atoms with E-state index in [1.54, 1.807) is 0 Å². The van der Waals surface area contributed by atoms with Gasteiger partial charge in [-0.1, -0.05) is 6.92 Å².